The highest BCUT2D eigenvalue weighted by Gasteiger charge is 2.36. The SMILES string of the molecule is Cn1cccc1C(=O)N1CCc2cc(S(=O)(=O)N3C[C@H](c4ccccc4)N=C3N)ccc21. The minimum absolute atomic E-state index is 0.0140. The highest BCUT2D eigenvalue weighted by atomic mass is 32.2. The zero-order valence-corrected chi connectivity index (χ0v) is 18.4. The maximum Gasteiger partial charge on any atom is 0.274 e. The van der Waals surface area contributed by atoms with Gasteiger partial charge in [-0.2, -0.15) is 0 Å². The number of fused-ring (bicyclic) bond motifs is 1. The van der Waals surface area contributed by atoms with Crippen LogP contribution < -0.4 is 10.6 Å². The summed E-state index contributed by atoms with van der Waals surface area (Å²) in [6.45, 7) is 0.666. The van der Waals surface area contributed by atoms with Crippen molar-refractivity contribution in [2.24, 2.45) is 17.8 Å². The number of anilines is 1. The molecule has 0 bridgehead atoms. The molecule has 9 heteroatoms. The Kier molecular flexibility index (Phi) is 4.78. The van der Waals surface area contributed by atoms with Gasteiger partial charge in [0, 0.05) is 25.5 Å². The van der Waals surface area contributed by atoms with Crippen LogP contribution in [0.5, 0.6) is 0 Å². The minimum atomic E-state index is -3.87. The standard InChI is InChI=1S/C23H23N5O3S/c1-26-12-5-8-21(26)22(29)27-13-11-17-14-18(9-10-20(17)27)32(30,31)28-15-19(25-23(28)24)16-6-3-2-4-7-16/h2-10,12,14,19H,11,13,15H2,1H3,(H2,24,25)/t19-/m1/s1. The number of nitrogens with two attached hydrogens (primary N) is 1. The first-order valence-electron chi connectivity index (χ1n) is 10.3. The van der Waals surface area contributed by atoms with Crippen molar-refractivity contribution in [2.75, 3.05) is 18.0 Å². The summed E-state index contributed by atoms with van der Waals surface area (Å²) in [5.41, 5.74) is 9.07. The van der Waals surface area contributed by atoms with E-state index >= 15 is 0 Å². The number of hydrogen-bond acceptors (Lipinski definition) is 5. The van der Waals surface area contributed by atoms with Gasteiger partial charge in [-0.25, -0.2) is 17.7 Å². The van der Waals surface area contributed by atoms with E-state index in [1.54, 1.807) is 27.7 Å². The molecular weight excluding hydrogens is 426 g/mol. The van der Waals surface area contributed by atoms with Crippen LogP contribution in [0, 0.1) is 0 Å². The number of carbonyl (C=O) groups excluding carboxylic acids is 1. The van der Waals surface area contributed by atoms with Crippen molar-refractivity contribution < 1.29 is 13.2 Å². The van der Waals surface area contributed by atoms with Crippen LogP contribution in [0.3, 0.4) is 0 Å². The van der Waals surface area contributed by atoms with Crippen molar-refractivity contribution in [1.82, 2.24) is 8.87 Å². The summed E-state index contributed by atoms with van der Waals surface area (Å²) in [6, 6.07) is 17.6. The average molecular weight is 450 g/mol. The fraction of sp³-hybridized carbons (Fsp3) is 0.217. The summed E-state index contributed by atoms with van der Waals surface area (Å²) < 4.78 is 29.6. The Balaban J connectivity index is 1.41. The van der Waals surface area contributed by atoms with Crippen molar-refractivity contribution in [1.29, 1.82) is 0 Å². The molecule has 0 aliphatic carbocycles. The predicted octanol–water partition coefficient (Wildman–Crippen LogP) is 2.29. The summed E-state index contributed by atoms with van der Waals surface area (Å²) >= 11 is 0. The molecule has 2 aromatic carbocycles. The van der Waals surface area contributed by atoms with Crippen molar-refractivity contribution >= 4 is 27.6 Å². The van der Waals surface area contributed by atoms with E-state index in [1.165, 1.54) is 6.07 Å². The maximum absolute atomic E-state index is 13.3. The molecule has 0 fully saturated rings. The number of carbonyl (C=O) groups is 1. The number of sulfonamides is 1. The monoisotopic (exact) mass is 449 g/mol. The molecule has 164 valence electrons. The number of aromatic nitrogens is 1. The van der Waals surface area contributed by atoms with E-state index < -0.39 is 10.0 Å². The Labute approximate surface area is 186 Å². The van der Waals surface area contributed by atoms with E-state index in [-0.39, 0.29) is 29.3 Å². The molecule has 2 aliphatic heterocycles. The summed E-state index contributed by atoms with van der Waals surface area (Å²) in [5.74, 6) is -0.117. The lowest BCUT2D eigenvalue weighted by atomic mass is 10.1. The van der Waals surface area contributed by atoms with Crippen molar-refractivity contribution in [2.45, 2.75) is 17.4 Å². The molecule has 0 spiro atoms. The molecule has 2 aliphatic rings. The average Bonchev–Trinajstić information content (AvgIpc) is 3.51. The Bertz CT molecular complexity index is 1330. The van der Waals surface area contributed by atoms with Crippen molar-refractivity contribution in [3.63, 3.8) is 0 Å². The number of aryl methyl sites for hydroxylation is 1. The number of benzene rings is 2. The third-order valence-electron chi connectivity index (χ3n) is 6.01. The summed E-state index contributed by atoms with van der Waals surface area (Å²) in [4.78, 5) is 19.1. The number of rotatable bonds is 4. The van der Waals surface area contributed by atoms with E-state index in [9.17, 15) is 13.2 Å². The first-order chi connectivity index (χ1) is 15.4. The molecule has 1 atom stereocenters. The third kappa shape index (κ3) is 3.25. The van der Waals surface area contributed by atoms with Crippen LogP contribution in [0.1, 0.15) is 27.7 Å². The fourth-order valence-corrected chi connectivity index (χ4v) is 5.71. The lowest BCUT2D eigenvalue weighted by molar-refractivity contribution is 0.0981. The zero-order valence-electron chi connectivity index (χ0n) is 17.5. The van der Waals surface area contributed by atoms with Crippen LogP contribution in [0.2, 0.25) is 0 Å². The lowest BCUT2D eigenvalue weighted by Crippen LogP contribution is -2.39. The van der Waals surface area contributed by atoms with Gasteiger partial charge in [-0.1, -0.05) is 30.3 Å². The van der Waals surface area contributed by atoms with Crippen LogP contribution in [0.4, 0.5) is 5.69 Å². The minimum Gasteiger partial charge on any atom is -0.369 e. The molecule has 3 aromatic rings. The van der Waals surface area contributed by atoms with Gasteiger partial charge in [-0.3, -0.25) is 4.79 Å². The van der Waals surface area contributed by atoms with Gasteiger partial charge in [0.1, 0.15) is 5.69 Å². The maximum atomic E-state index is 13.3. The zero-order chi connectivity index (χ0) is 22.5. The first kappa shape index (κ1) is 20.3. The Morgan fingerprint density at radius 1 is 1.09 bits per heavy atom. The molecule has 0 saturated heterocycles. The highest BCUT2D eigenvalue weighted by molar-refractivity contribution is 7.89. The molecule has 8 nitrogen and oxygen atoms in total. The van der Waals surface area contributed by atoms with Gasteiger partial charge in [0.25, 0.3) is 15.9 Å². The van der Waals surface area contributed by atoms with Gasteiger partial charge in [0.15, 0.2) is 0 Å². The Morgan fingerprint density at radius 2 is 1.88 bits per heavy atom. The van der Waals surface area contributed by atoms with Crippen LogP contribution in [0.25, 0.3) is 0 Å². The van der Waals surface area contributed by atoms with Gasteiger partial charge < -0.3 is 15.2 Å². The molecule has 3 heterocycles. The van der Waals surface area contributed by atoms with Crippen molar-refractivity contribution in [3.8, 4) is 0 Å². The van der Waals surface area contributed by atoms with Crippen LogP contribution in [-0.4, -0.2) is 42.2 Å². The topological polar surface area (TPSA) is 101 Å². The molecule has 32 heavy (non-hydrogen) atoms. The number of amides is 1. The largest absolute Gasteiger partial charge is 0.369 e. The molecule has 0 unspecified atom stereocenters. The number of guanidine groups is 1. The summed E-state index contributed by atoms with van der Waals surface area (Å²) in [5, 5.41) is 0. The van der Waals surface area contributed by atoms with E-state index in [0.717, 1.165) is 21.1 Å². The quantitative estimate of drug-likeness (QED) is 0.660. The number of nitrogens with zero attached hydrogens (tertiary/aromatic N) is 4. The van der Waals surface area contributed by atoms with Crippen LogP contribution >= 0.6 is 0 Å². The number of aliphatic imine (C=N–C) groups is 1. The van der Waals surface area contributed by atoms with Gasteiger partial charge in [-0.15, -0.1) is 0 Å². The van der Waals surface area contributed by atoms with Gasteiger partial charge >= 0.3 is 0 Å². The fourth-order valence-electron chi connectivity index (χ4n) is 4.29. The van der Waals surface area contributed by atoms with E-state index in [2.05, 4.69) is 4.99 Å². The third-order valence-corrected chi connectivity index (χ3v) is 7.78. The normalized spacial score (nSPS) is 18.0. The van der Waals surface area contributed by atoms with Crippen LogP contribution in [-0.2, 0) is 23.5 Å². The van der Waals surface area contributed by atoms with Gasteiger partial charge in [0.05, 0.1) is 17.5 Å². The smallest absolute Gasteiger partial charge is 0.274 e. The predicted molar refractivity (Wildman–Crippen MR) is 122 cm³/mol. The second kappa shape index (κ2) is 7.52. The Morgan fingerprint density at radius 3 is 2.59 bits per heavy atom. The van der Waals surface area contributed by atoms with Crippen molar-refractivity contribution in [3.05, 3.63) is 83.7 Å². The van der Waals surface area contributed by atoms with E-state index in [1.807, 2.05) is 49.6 Å². The van der Waals surface area contributed by atoms with Gasteiger partial charge in [0.2, 0.25) is 5.96 Å². The Hall–Kier alpha value is -3.59. The van der Waals surface area contributed by atoms with Gasteiger partial charge in [-0.05, 0) is 47.9 Å². The number of hydrogen-bond donors (Lipinski definition) is 1. The van der Waals surface area contributed by atoms with Crippen LogP contribution in [0.15, 0.2) is 76.7 Å². The molecular formula is C23H23N5O3S. The molecule has 0 radical (unpaired) electrons. The molecule has 5 rings (SSSR count). The molecule has 2 N–H and O–H groups in total. The summed E-state index contributed by atoms with van der Waals surface area (Å²) in [7, 11) is -2.04. The second-order valence-corrected chi connectivity index (χ2v) is 9.81. The van der Waals surface area contributed by atoms with E-state index in [4.69, 9.17) is 5.73 Å². The van der Waals surface area contributed by atoms with E-state index in [0.29, 0.717) is 18.7 Å². The molecule has 1 amide bonds. The molecule has 0 saturated carbocycles. The first-order valence-corrected chi connectivity index (χ1v) is 11.8. The second-order valence-electron chi connectivity index (χ2n) is 7.95. The lowest BCUT2D eigenvalue weighted by Gasteiger charge is -2.20. The summed E-state index contributed by atoms with van der Waals surface area (Å²) in [6.07, 6.45) is 2.41. The highest BCUT2D eigenvalue weighted by Crippen LogP contribution is 2.34. The molecule has 1 aromatic heterocycles.